The summed E-state index contributed by atoms with van der Waals surface area (Å²) in [6, 6.07) is 1.74. The van der Waals surface area contributed by atoms with E-state index in [1.165, 1.54) is 17.2 Å². The van der Waals surface area contributed by atoms with Gasteiger partial charge in [0.1, 0.15) is 11.3 Å². The Kier molecular flexibility index (Phi) is 2.42. The normalized spacial score (nSPS) is 10.3. The Morgan fingerprint density at radius 2 is 2.27 bits per heavy atom. The van der Waals surface area contributed by atoms with Crippen molar-refractivity contribution in [1.82, 2.24) is 19.7 Å². The minimum absolute atomic E-state index is 0.191. The van der Waals surface area contributed by atoms with Crippen LogP contribution in [0.5, 0.6) is 11.9 Å². The zero-order chi connectivity index (χ0) is 10.8. The number of halogens is 1. The molecule has 0 fully saturated rings. The Morgan fingerprint density at radius 3 is 2.87 bits per heavy atom. The molecule has 2 aromatic rings. The van der Waals surface area contributed by atoms with Gasteiger partial charge in [-0.2, -0.15) is 4.98 Å². The van der Waals surface area contributed by atoms with Gasteiger partial charge in [-0.1, -0.05) is 11.6 Å². The molecule has 0 radical (unpaired) electrons. The van der Waals surface area contributed by atoms with Crippen molar-refractivity contribution >= 4 is 17.3 Å². The van der Waals surface area contributed by atoms with Crippen LogP contribution in [-0.2, 0) is 7.05 Å². The van der Waals surface area contributed by atoms with Crippen LogP contribution in [-0.4, -0.2) is 19.7 Å². The molecule has 0 aliphatic rings. The number of aromatic nitrogens is 4. The molecule has 2 N–H and O–H groups in total. The zero-order valence-corrected chi connectivity index (χ0v) is 8.64. The summed E-state index contributed by atoms with van der Waals surface area (Å²) in [6.45, 7) is 0. The monoisotopic (exact) mass is 225 g/mol. The summed E-state index contributed by atoms with van der Waals surface area (Å²) in [5.41, 5.74) is 5.96. The van der Waals surface area contributed by atoms with E-state index in [1.54, 1.807) is 13.1 Å². The molecule has 0 saturated heterocycles. The fourth-order valence-corrected chi connectivity index (χ4v) is 1.18. The van der Waals surface area contributed by atoms with Crippen molar-refractivity contribution in [1.29, 1.82) is 0 Å². The smallest absolute Gasteiger partial charge is 0.342 e. The number of nitrogen functional groups attached to an aromatic ring is 1. The SMILES string of the molecule is Cn1cnc(Oc2ncc(N)cc2Cl)n1. The third-order valence-corrected chi connectivity index (χ3v) is 1.87. The van der Waals surface area contributed by atoms with E-state index in [9.17, 15) is 0 Å². The number of rotatable bonds is 2. The number of hydrogen-bond acceptors (Lipinski definition) is 5. The Morgan fingerprint density at radius 1 is 1.47 bits per heavy atom. The van der Waals surface area contributed by atoms with Crippen LogP contribution in [0.1, 0.15) is 0 Å². The molecule has 0 spiro atoms. The molecular weight excluding hydrogens is 218 g/mol. The van der Waals surface area contributed by atoms with Crippen molar-refractivity contribution in [2.24, 2.45) is 7.05 Å². The van der Waals surface area contributed by atoms with Crippen molar-refractivity contribution in [2.45, 2.75) is 0 Å². The Bertz CT molecular complexity index is 484. The number of ether oxygens (including phenoxy) is 1. The summed E-state index contributed by atoms with van der Waals surface area (Å²) in [5, 5.41) is 4.24. The van der Waals surface area contributed by atoms with Gasteiger partial charge in [0.05, 0.1) is 11.9 Å². The maximum absolute atomic E-state index is 5.86. The van der Waals surface area contributed by atoms with E-state index in [-0.39, 0.29) is 11.9 Å². The quantitative estimate of drug-likeness (QED) is 0.832. The highest BCUT2D eigenvalue weighted by molar-refractivity contribution is 6.32. The lowest BCUT2D eigenvalue weighted by Crippen LogP contribution is -1.94. The number of hydrogen-bond donors (Lipinski definition) is 1. The molecular formula is C8H8ClN5O. The van der Waals surface area contributed by atoms with Crippen molar-refractivity contribution in [2.75, 3.05) is 5.73 Å². The van der Waals surface area contributed by atoms with Gasteiger partial charge in [-0.25, -0.2) is 4.98 Å². The topological polar surface area (TPSA) is 78.8 Å². The first kappa shape index (κ1) is 9.72. The highest BCUT2D eigenvalue weighted by Crippen LogP contribution is 2.26. The second-order valence-corrected chi connectivity index (χ2v) is 3.27. The zero-order valence-electron chi connectivity index (χ0n) is 7.88. The highest BCUT2D eigenvalue weighted by atomic mass is 35.5. The summed E-state index contributed by atoms with van der Waals surface area (Å²) in [6.07, 6.45) is 2.96. The fourth-order valence-electron chi connectivity index (χ4n) is 0.968. The summed E-state index contributed by atoms with van der Waals surface area (Å²) < 4.78 is 6.76. The van der Waals surface area contributed by atoms with Crippen molar-refractivity contribution in [3.8, 4) is 11.9 Å². The summed E-state index contributed by atoms with van der Waals surface area (Å²) in [4.78, 5) is 7.79. The van der Waals surface area contributed by atoms with Gasteiger partial charge in [0.25, 0.3) is 0 Å². The van der Waals surface area contributed by atoms with E-state index in [0.717, 1.165) is 0 Å². The fraction of sp³-hybridized carbons (Fsp3) is 0.125. The van der Waals surface area contributed by atoms with Gasteiger partial charge >= 0.3 is 6.01 Å². The maximum Gasteiger partial charge on any atom is 0.342 e. The molecule has 0 unspecified atom stereocenters. The van der Waals surface area contributed by atoms with Gasteiger partial charge in [-0.15, -0.1) is 5.10 Å². The number of nitrogens with zero attached hydrogens (tertiary/aromatic N) is 4. The van der Waals surface area contributed by atoms with Crippen LogP contribution in [0.25, 0.3) is 0 Å². The lowest BCUT2D eigenvalue weighted by atomic mass is 10.4. The molecule has 2 rings (SSSR count). The molecule has 6 nitrogen and oxygen atoms in total. The van der Waals surface area contributed by atoms with Gasteiger partial charge in [0.15, 0.2) is 0 Å². The van der Waals surface area contributed by atoms with E-state index >= 15 is 0 Å². The average Bonchev–Trinajstić information content (AvgIpc) is 2.56. The molecule has 15 heavy (non-hydrogen) atoms. The van der Waals surface area contributed by atoms with E-state index < -0.39 is 0 Å². The highest BCUT2D eigenvalue weighted by Gasteiger charge is 2.07. The van der Waals surface area contributed by atoms with Gasteiger partial charge in [0, 0.05) is 7.05 Å². The molecule has 2 aromatic heterocycles. The van der Waals surface area contributed by atoms with Gasteiger partial charge < -0.3 is 10.5 Å². The van der Waals surface area contributed by atoms with E-state index in [1.807, 2.05) is 0 Å². The van der Waals surface area contributed by atoms with E-state index in [2.05, 4.69) is 15.1 Å². The second kappa shape index (κ2) is 3.74. The maximum atomic E-state index is 5.86. The number of pyridine rings is 1. The first-order valence-corrected chi connectivity index (χ1v) is 4.47. The number of nitrogens with two attached hydrogens (primary N) is 1. The molecule has 0 amide bonds. The number of aryl methyl sites for hydroxylation is 1. The van der Waals surface area contributed by atoms with Crippen LogP contribution in [0.2, 0.25) is 5.02 Å². The lowest BCUT2D eigenvalue weighted by molar-refractivity contribution is 0.423. The minimum Gasteiger partial charge on any atom is -0.402 e. The molecule has 0 bridgehead atoms. The predicted molar refractivity (Wildman–Crippen MR) is 54.7 cm³/mol. The molecule has 0 atom stereocenters. The molecule has 0 aliphatic heterocycles. The van der Waals surface area contributed by atoms with E-state index in [0.29, 0.717) is 10.7 Å². The second-order valence-electron chi connectivity index (χ2n) is 2.86. The van der Waals surface area contributed by atoms with Crippen LogP contribution in [0.3, 0.4) is 0 Å². The largest absolute Gasteiger partial charge is 0.402 e. The molecule has 0 saturated carbocycles. The van der Waals surface area contributed by atoms with Crippen molar-refractivity contribution in [3.63, 3.8) is 0 Å². The molecule has 0 aliphatic carbocycles. The average molecular weight is 226 g/mol. The lowest BCUT2D eigenvalue weighted by Gasteiger charge is -2.02. The third kappa shape index (κ3) is 2.16. The summed E-state index contributed by atoms with van der Waals surface area (Å²) in [5.74, 6) is 0.233. The van der Waals surface area contributed by atoms with Gasteiger partial charge in [-0.05, 0) is 6.07 Å². The van der Waals surface area contributed by atoms with Crippen LogP contribution >= 0.6 is 11.6 Å². The summed E-state index contributed by atoms with van der Waals surface area (Å²) >= 11 is 5.86. The standard InChI is InChI=1S/C8H8ClN5O/c1-14-4-12-8(13-14)15-7-6(9)2-5(10)3-11-7/h2-4H,10H2,1H3. The van der Waals surface area contributed by atoms with Crippen LogP contribution in [0.15, 0.2) is 18.6 Å². The minimum atomic E-state index is 0.191. The summed E-state index contributed by atoms with van der Waals surface area (Å²) in [7, 11) is 1.73. The third-order valence-electron chi connectivity index (χ3n) is 1.60. The van der Waals surface area contributed by atoms with Gasteiger partial charge in [0.2, 0.25) is 5.88 Å². The Balaban J connectivity index is 2.24. The Labute approximate surface area is 90.7 Å². The number of anilines is 1. The van der Waals surface area contributed by atoms with Crippen LogP contribution in [0.4, 0.5) is 5.69 Å². The molecule has 7 heteroatoms. The van der Waals surface area contributed by atoms with Crippen molar-refractivity contribution < 1.29 is 4.74 Å². The van der Waals surface area contributed by atoms with Crippen LogP contribution in [0, 0.1) is 0 Å². The molecule has 0 aromatic carbocycles. The predicted octanol–water partition coefficient (Wildman–Crippen LogP) is 1.24. The Hall–Kier alpha value is -1.82. The van der Waals surface area contributed by atoms with Crippen LogP contribution < -0.4 is 10.5 Å². The van der Waals surface area contributed by atoms with Gasteiger partial charge in [-0.3, -0.25) is 4.68 Å². The van der Waals surface area contributed by atoms with E-state index in [4.69, 9.17) is 22.1 Å². The first-order valence-electron chi connectivity index (χ1n) is 4.09. The first-order chi connectivity index (χ1) is 7.15. The van der Waals surface area contributed by atoms with Crippen molar-refractivity contribution in [3.05, 3.63) is 23.6 Å². The molecule has 78 valence electrons. The molecule has 2 heterocycles.